The number of anilines is 1. The smallest absolute Gasteiger partial charge is 0.335 e. The monoisotopic (exact) mass is 521 g/mol. The number of carboxylic acid groups (broad SMARTS) is 1. The van der Waals surface area contributed by atoms with E-state index in [1.54, 1.807) is 23.5 Å². The molecule has 4 heterocycles. The first-order chi connectivity index (χ1) is 18.0. The van der Waals surface area contributed by atoms with Crippen LogP contribution in [0.2, 0.25) is 0 Å². The molecular formula is C29H35N3O4S. The van der Waals surface area contributed by atoms with Crippen LogP contribution < -0.4 is 4.90 Å². The van der Waals surface area contributed by atoms with Gasteiger partial charge in [0.2, 0.25) is 0 Å². The Morgan fingerprint density at radius 2 is 1.92 bits per heavy atom. The normalized spacial score (nSPS) is 29.8. The van der Waals surface area contributed by atoms with Crippen LogP contribution in [0.1, 0.15) is 110 Å². The number of carbonyl (C=O) groups is 1. The Bertz CT molecular complexity index is 1300. The van der Waals surface area contributed by atoms with Crippen molar-refractivity contribution in [3.63, 3.8) is 0 Å². The molecule has 2 saturated carbocycles. The van der Waals surface area contributed by atoms with Gasteiger partial charge in [0.15, 0.2) is 5.13 Å². The van der Waals surface area contributed by atoms with Gasteiger partial charge >= 0.3 is 5.97 Å². The van der Waals surface area contributed by atoms with E-state index in [-0.39, 0.29) is 6.10 Å². The van der Waals surface area contributed by atoms with Gasteiger partial charge in [0.05, 0.1) is 34.2 Å². The van der Waals surface area contributed by atoms with Gasteiger partial charge in [-0.25, -0.2) is 9.78 Å². The number of ether oxygens (including phenoxy) is 1. The summed E-state index contributed by atoms with van der Waals surface area (Å²) in [5.74, 6) is 1.90. The fraction of sp³-hybridized carbons (Fsp3) is 0.621. The zero-order valence-electron chi connectivity index (χ0n) is 21.4. The van der Waals surface area contributed by atoms with Crippen LogP contribution in [0.25, 0.3) is 10.2 Å². The molecule has 2 bridgehead atoms. The first-order valence-electron chi connectivity index (χ1n) is 14.1. The molecule has 4 fully saturated rings. The summed E-state index contributed by atoms with van der Waals surface area (Å²) in [5.41, 5.74) is 3.65. The minimum Gasteiger partial charge on any atom is -0.478 e. The van der Waals surface area contributed by atoms with Crippen molar-refractivity contribution in [2.24, 2.45) is 5.92 Å². The lowest BCUT2D eigenvalue weighted by Crippen LogP contribution is -2.45. The van der Waals surface area contributed by atoms with Gasteiger partial charge in [0, 0.05) is 29.5 Å². The number of fused-ring (bicyclic) bond motifs is 3. The number of hydrogen-bond donors (Lipinski definition) is 1. The van der Waals surface area contributed by atoms with E-state index in [4.69, 9.17) is 14.2 Å². The van der Waals surface area contributed by atoms with Gasteiger partial charge in [-0.05, 0) is 69.1 Å². The molecule has 4 aliphatic rings. The molecule has 0 amide bonds. The van der Waals surface area contributed by atoms with Gasteiger partial charge in [0.1, 0.15) is 5.76 Å². The number of hydrogen-bond acceptors (Lipinski definition) is 7. The van der Waals surface area contributed by atoms with Crippen LogP contribution in [0.3, 0.4) is 0 Å². The average molecular weight is 522 g/mol. The Morgan fingerprint density at radius 3 is 2.65 bits per heavy atom. The number of piperidine rings is 1. The Labute approximate surface area is 221 Å². The summed E-state index contributed by atoms with van der Waals surface area (Å²) in [6.07, 6.45) is 12.1. The fourth-order valence-corrected chi connectivity index (χ4v) is 8.24. The maximum atomic E-state index is 11.4. The largest absolute Gasteiger partial charge is 0.478 e. The van der Waals surface area contributed by atoms with Crippen molar-refractivity contribution in [2.75, 3.05) is 4.90 Å². The molecule has 3 unspecified atom stereocenters. The molecule has 196 valence electrons. The summed E-state index contributed by atoms with van der Waals surface area (Å²) >= 11 is 1.62. The standard InChI is InChI=1S/C29H35N3O4S/c1-16-4-2-3-5-22(16)26-23(27(36-31-26)17-6-7-17)15-35-21-13-19-9-10-20(14-21)32(19)29-30-24-11-8-18(28(33)34)12-25(24)37-29/h8,11-12,16-17,19-22H,2-7,9-10,13-15H2,1H3,(H,33,34)/t16?,19-,20?,21-,22?/m0/s1. The second-order valence-electron chi connectivity index (χ2n) is 11.7. The molecule has 2 aliphatic heterocycles. The first kappa shape index (κ1) is 23.7. The van der Waals surface area contributed by atoms with E-state index in [0.717, 1.165) is 46.8 Å². The molecule has 7 nitrogen and oxygen atoms in total. The van der Waals surface area contributed by atoms with Crippen LogP contribution in [0, 0.1) is 5.92 Å². The van der Waals surface area contributed by atoms with Crippen molar-refractivity contribution in [3.05, 3.63) is 40.8 Å². The van der Waals surface area contributed by atoms with Gasteiger partial charge in [-0.2, -0.15) is 0 Å². The maximum absolute atomic E-state index is 11.4. The molecule has 3 aromatic rings. The summed E-state index contributed by atoms with van der Waals surface area (Å²) < 4.78 is 13.6. The molecule has 2 aliphatic carbocycles. The Morgan fingerprint density at radius 1 is 1.14 bits per heavy atom. The lowest BCUT2D eigenvalue weighted by atomic mass is 9.77. The molecule has 5 atom stereocenters. The van der Waals surface area contributed by atoms with Gasteiger partial charge in [-0.15, -0.1) is 0 Å². The highest BCUT2D eigenvalue weighted by Crippen LogP contribution is 2.47. The van der Waals surface area contributed by atoms with Gasteiger partial charge in [-0.3, -0.25) is 0 Å². The fourth-order valence-electron chi connectivity index (χ4n) is 7.09. The highest BCUT2D eigenvalue weighted by Gasteiger charge is 2.43. The summed E-state index contributed by atoms with van der Waals surface area (Å²) in [6, 6.07) is 6.07. The van der Waals surface area contributed by atoms with Crippen LogP contribution in [-0.2, 0) is 11.3 Å². The van der Waals surface area contributed by atoms with E-state index in [2.05, 4.69) is 17.0 Å². The SMILES string of the molecule is CC1CCCCC1c1noc(C2CC2)c1CO[C@@H]1CC2CC[C@@H](C1)N2c1nc2ccc(C(=O)O)cc2s1. The van der Waals surface area contributed by atoms with Crippen molar-refractivity contribution in [1.82, 2.24) is 10.1 Å². The average Bonchev–Trinajstić information content (AvgIpc) is 3.41. The van der Waals surface area contributed by atoms with E-state index in [1.165, 1.54) is 49.8 Å². The van der Waals surface area contributed by atoms with Crippen molar-refractivity contribution < 1.29 is 19.2 Å². The van der Waals surface area contributed by atoms with Crippen molar-refractivity contribution >= 4 is 32.7 Å². The highest BCUT2D eigenvalue weighted by molar-refractivity contribution is 7.22. The van der Waals surface area contributed by atoms with Gasteiger partial charge in [0.25, 0.3) is 0 Å². The quantitative estimate of drug-likeness (QED) is 0.363. The second-order valence-corrected chi connectivity index (χ2v) is 12.7. The molecule has 7 rings (SSSR count). The Balaban J connectivity index is 1.07. The number of rotatable bonds is 7. The lowest BCUT2D eigenvalue weighted by molar-refractivity contribution is 0.0140. The van der Waals surface area contributed by atoms with Gasteiger partial charge in [-0.1, -0.05) is 42.7 Å². The second kappa shape index (κ2) is 9.38. The topological polar surface area (TPSA) is 88.7 Å². The number of aromatic nitrogens is 2. The summed E-state index contributed by atoms with van der Waals surface area (Å²) in [6.45, 7) is 3.00. The number of nitrogens with zero attached hydrogens (tertiary/aromatic N) is 3. The summed E-state index contributed by atoms with van der Waals surface area (Å²) in [5, 5.41) is 15.0. The first-order valence-corrected chi connectivity index (χ1v) is 14.9. The van der Waals surface area contributed by atoms with E-state index in [9.17, 15) is 9.90 Å². The maximum Gasteiger partial charge on any atom is 0.335 e. The van der Waals surface area contributed by atoms with Crippen LogP contribution >= 0.6 is 11.3 Å². The minimum atomic E-state index is -0.895. The van der Waals surface area contributed by atoms with Crippen molar-refractivity contribution in [2.45, 2.75) is 108 Å². The lowest BCUT2D eigenvalue weighted by Gasteiger charge is -2.38. The number of carboxylic acids is 1. The van der Waals surface area contributed by atoms with E-state index in [0.29, 0.717) is 42.0 Å². The van der Waals surface area contributed by atoms with E-state index < -0.39 is 5.97 Å². The molecule has 0 spiro atoms. The minimum absolute atomic E-state index is 0.236. The summed E-state index contributed by atoms with van der Waals surface area (Å²) in [7, 11) is 0. The molecular weight excluding hydrogens is 486 g/mol. The third-order valence-corrected chi connectivity index (χ3v) is 10.3. The third kappa shape index (κ3) is 4.36. The molecule has 0 radical (unpaired) electrons. The summed E-state index contributed by atoms with van der Waals surface area (Å²) in [4.78, 5) is 18.8. The van der Waals surface area contributed by atoms with Crippen LogP contribution in [0.15, 0.2) is 22.7 Å². The van der Waals surface area contributed by atoms with E-state index >= 15 is 0 Å². The number of benzene rings is 1. The molecule has 1 aromatic carbocycles. The van der Waals surface area contributed by atoms with Crippen LogP contribution in [-0.4, -0.2) is 39.4 Å². The molecule has 37 heavy (non-hydrogen) atoms. The molecule has 1 N–H and O–H groups in total. The predicted octanol–water partition coefficient (Wildman–Crippen LogP) is 6.87. The zero-order chi connectivity index (χ0) is 25.1. The Kier molecular flexibility index (Phi) is 6.00. The van der Waals surface area contributed by atoms with E-state index in [1.807, 2.05) is 6.07 Å². The number of aromatic carboxylic acids is 1. The Hall–Kier alpha value is -2.45. The van der Waals surface area contributed by atoms with Crippen molar-refractivity contribution in [3.8, 4) is 0 Å². The zero-order valence-corrected chi connectivity index (χ0v) is 22.2. The predicted molar refractivity (Wildman–Crippen MR) is 143 cm³/mol. The molecule has 8 heteroatoms. The van der Waals surface area contributed by atoms with Crippen LogP contribution in [0.4, 0.5) is 5.13 Å². The van der Waals surface area contributed by atoms with Crippen LogP contribution in [0.5, 0.6) is 0 Å². The number of thiazole rings is 1. The molecule has 2 saturated heterocycles. The third-order valence-electron chi connectivity index (χ3n) is 9.26. The van der Waals surface area contributed by atoms with Crippen molar-refractivity contribution in [1.29, 1.82) is 0 Å². The highest BCUT2D eigenvalue weighted by atomic mass is 32.1. The van der Waals surface area contributed by atoms with Gasteiger partial charge < -0.3 is 19.3 Å². The molecule has 2 aromatic heterocycles.